The van der Waals surface area contributed by atoms with E-state index in [9.17, 15) is 0 Å². The first-order chi connectivity index (χ1) is 8.58. The molecular formula is C13H18N4S. The normalized spacial score (nSPS) is 10.7. The molecule has 0 unspecified atom stereocenters. The number of rotatable bonds is 4. The van der Waals surface area contributed by atoms with Crippen LogP contribution >= 0.6 is 11.3 Å². The van der Waals surface area contributed by atoms with Gasteiger partial charge in [0.25, 0.3) is 0 Å². The van der Waals surface area contributed by atoms with E-state index < -0.39 is 0 Å². The lowest BCUT2D eigenvalue weighted by Gasteiger charge is -2.08. The highest BCUT2D eigenvalue weighted by molar-refractivity contribution is 7.09. The van der Waals surface area contributed by atoms with Crippen molar-refractivity contribution in [3.05, 3.63) is 33.0 Å². The third-order valence-electron chi connectivity index (χ3n) is 3.11. The van der Waals surface area contributed by atoms with Crippen molar-refractivity contribution in [2.75, 3.05) is 11.9 Å². The molecule has 0 fully saturated rings. The van der Waals surface area contributed by atoms with Crippen molar-refractivity contribution < 1.29 is 0 Å². The van der Waals surface area contributed by atoms with Crippen LogP contribution in [-0.4, -0.2) is 21.5 Å². The Morgan fingerprint density at radius 3 is 2.28 bits per heavy atom. The Balaban J connectivity index is 1.97. The minimum absolute atomic E-state index is 0.720. The molecule has 0 saturated carbocycles. The molecule has 0 atom stereocenters. The molecule has 2 aromatic rings. The van der Waals surface area contributed by atoms with Crippen molar-refractivity contribution in [3.8, 4) is 0 Å². The molecule has 0 radical (unpaired) electrons. The molecule has 1 N–H and O–H groups in total. The minimum Gasteiger partial charge on any atom is -0.354 e. The molecule has 2 aromatic heterocycles. The van der Waals surface area contributed by atoms with Gasteiger partial charge in [0.05, 0.1) is 11.2 Å². The van der Waals surface area contributed by atoms with Gasteiger partial charge >= 0.3 is 0 Å². The van der Waals surface area contributed by atoms with Crippen LogP contribution in [0.1, 0.15) is 27.5 Å². The van der Waals surface area contributed by atoms with E-state index in [1.165, 1.54) is 10.4 Å². The van der Waals surface area contributed by atoms with E-state index in [4.69, 9.17) is 0 Å². The van der Waals surface area contributed by atoms with E-state index in [-0.39, 0.29) is 0 Å². The summed E-state index contributed by atoms with van der Waals surface area (Å²) < 4.78 is 0. The van der Waals surface area contributed by atoms with Crippen molar-refractivity contribution in [3.63, 3.8) is 0 Å². The van der Waals surface area contributed by atoms with Crippen LogP contribution in [0.5, 0.6) is 0 Å². The Morgan fingerprint density at radius 1 is 1.06 bits per heavy atom. The fourth-order valence-corrected chi connectivity index (χ4v) is 2.49. The predicted molar refractivity (Wildman–Crippen MR) is 75.3 cm³/mol. The van der Waals surface area contributed by atoms with Gasteiger partial charge in [-0.05, 0) is 33.3 Å². The van der Waals surface area contributed by atoms with E-state index in [1.807, 2.05) is 26.3 Å². The molecule has 0 spiro atoms. The number of hydrogen-bond acceptors (Lipinski definition) is 5. The minimum atomic E-state index is 0.720. The van der Waals surface area contributed by atoms with Gasteiger partial charge in [-0.1, -0.05) is 0 Å². The van der Waals surface area contributed by atoms with Gasteiger partial charge in [-0.2, -0.15) is 0 Å². The SMILES string of the molecule is Cc1ncsc1CCNc1nc(C)c(C)c(C)n1. The smallest absolute Gasteiger partial charge is 0.223 e. The largest absolute Gasteiger partial charge is 0.354 e. The molecule has 4 nitrogen and oxygen atoms in total. The molecule has 2 rings (SSSR count). The highest BCUT2D eigenvalue weighted by Gasteiger charge is 2.05. The average molecular weight is 262 g/mol. The van der Waals surface area contributed by atoms with Crippen LogP contribution < -0.4 is 5.32 Å². The average Bonchev–Trinajstić information content (AvgIpc) is 2.72. The number of thiazole rings is 1. The summed E-state index contributed by atoms with van der Waals surface area (Å²) in [5.74, 6) is 0.720. The lowest BCUT2D eigenvalue weighted by atomic mass is 10.2. The van der Waals surface area contributed by atoms with E-state index in [1.54, 1.807) is 11.3 Å². The zero-order valence-corrected chi connectivity index (χ0v) is 12.1. The zero-order valence-electron chi connectivity index (χ0n) is 11.2. The molecule has 0 aliphatic heterocycles. The van der Waals surface area contributed by atoms with Crippen molar-refractivity contribution >= 4 is 17.3 Å². The number of nitrogens with one attached hydrogen (secondary N) is 1. The molecule has 0 bridgehead atoms. The van der Waals surface area contributed by atoms with Crippen LogP contribution in [0, 0.1) is 27.7 Å². The monoisotopic (exact) mass is 262 g/mol. The molecule has 0 aromatic carbocycles. The van der Waals surface area contributed by atoms with Gasteiger partial charge in [0.2, 0.25) is 5.95 Å². The van der Waals surface area contributed by atoms with Crippen LogP contribution in [0.25, 0.3) is 0 Å². The first-order valence-corrected chi connectivity index (χ1v) is 6.90. The van der Waals surface area contributed by atoms with E-state index in [0.717, 1.165) is 36.0 Å². The van der Waals surface area contributed by atoms with Gasteiger partial charge in [-0.25, -0.2) is 15.0 Å². The Labute approximate surface area is 112 Å². The molecular weight excluding hydrogens is 244 g/mol. The first-order valence-electron chi connectivity index (χ1n) is 6.02. The molecule has 0 amide bonds. The maximum absolute atomic E-state index is 4.44. The predicted octanol–water partition coefficient (Wildman–Crippen LogP) is 2.82. The van der Waals surface area contributed by atoms with Gasteiger partial charge in [0.15, 0.2) is 0 Å². The van der Waals surface area contributed by atoms with Gasteiger partial charge in [0.1, 0.15) is 0 Å². The lowest BCUT2D eigenvalue weighted by Crippen LogP contribution is -2.10. The summed E-state index contributed by atoms with van der Waals surface area (Å²) in [6, 6.07) is 0. The van der Waals surface area contributed by atoms with Gasteiger partial charge in [0, 0.05) is 29.2 Å². The first kappa shape index (κ1) is 13.0. The van der Waals surface area contributed by atoms with Crippen molar-refractivity contribution in [1.82, 2.24) is 15.0 Å². The second-order valence-corrected chi connectivity index (χ2v) is 5.32. The third-order valence-corrected chi connectivity index (χ3v) is 4.11. The summed E-state index contributed by atoms with van der Waals surface area (Å²) in [5.41, 5.74) is 6.26. The van der Waals surface area contributed by atoms with Crippen molar-refractivity contribution in [1.29, 1.82) is 0 Å². The highest BCUT2D eigenvalue weighted by atomic mass is 32.1. The topological polar surface area (TPSA) is 50.7 Å². The summed E-state index contributed by atoms with van der Waals surface area (Å²) >= 11 is 1.70. The zero-order chi connectivity index (χ0) is 13.1. The van der Waals surface area contributed by atoms with Crippen LogP contribution in [0.15, 0.2) is 5.51 Å². The summed E-state index contributed by atoms with van der Waals surface area (Å²) in [6.45, 7) is 8.97. The number of nitrogens with zero attached hydrogens (tertiary/aromatic N) is 3. The Hall–Kier alpha value is -1.49. The second kappa shape index (κ2) is 5.44. The Bertz CT molecular complexity index is 525. The fraction of sp³-hybridized carbons (Fsp3) is 0.462. The molecule has 0 aliphatic carbocycles. The molecule has 96 valence electrons. The quantitative estimate of drug-likeness (QED) is 0.920. The summed E-state index contributed by atoms with van der Waals surface area (Å²) in [6.07, 6.45) is 0.964. The second-order valence-electron chi connectivity index (χ2n) is 4.38. The lowest BCUT2D eigenvalue weighted by molar-refractivity contribution is 0.951. The molecule has 0 aliphatic rings. The van der Waals surface area contributed by atoms with Gasteiger partial charge < -0.3 is 5.32 Å². The van der Waals surface area contributed by atoms with Crippen molar-refractivity contribution in [2.45, 2.75) is 34.1 Å². The van der Waals surface area contributed by atoms with E-state index in [0.29, 0.717) is 0 Å². The standard InChI is InChI=1S/C13H18N4S/c1-8-9(2)16-13(17-10(8)3)14-6-5-12-11(4)15-7-18-12/h7H,5-6H2,1-4H3,(H,14,16,17). The number of anilines is 1. The highest BCUT2D eigenvalue weighted by Crippen LogP contribution is 2.14. The van der Waals surface area contributed by atoms with Gasteiger partial charge in [-0.15, -0.1) is 11.3 Å². The fourth-order valence-electron chi connectivity index (χ4n) is 1.71. The molecule has 2 heterocycles. The van der Waals surface area contributed by atoms with Crippen LogP contribution in [0.4, 0.5) is 5.95 Å². The van der Waals surface area contributed by atoms with Crippen LogP contribution in [0.3, 0.4) is 0 Å². The third kappa shape index (κ3) is 2.85. The number of aromatic nitrogens is 3. The van der Waals surface area contributed by atoms with Crippen molar-refractivity contribution in [2.24, 2.45) is 0 Å². The maximum Gasteiger partial charge on any atom is 0.223 e. The van der Waals surface area contributed by atoms with E-state index >= 15 is 0 Å². The number of aryl methyl sites for hydroxylation is 3. The molecule has 0 saturated heterocycles. The summed E-state index contributed by atoms with van der Waals surface area (Å²) in [5, 5.41) is 3.28. The maximum atomic E-state index is 4.44. The Kier molecular flexibility index (Phi) is 3.91. The summed E-state index contributed by atoms with van der Waals surface area (Å²) in [7, 11) is 0. The summed E-state index contributed by atoms with van der Waals surface area (Å²) in [4.78, 5) is 14.4. The van der Waals surface area contributed by atoms with Crippen LogP contribution in [0.2, 0.25) is 0 Å². The number of hydrogen-bond donors (Lipinski definition) is 1. The van der Waals surface area contributed by atoms with Gasteiger partial charge in [-0.3, -0.25) is 0 Å². The molecule has 5 heteroatoms. The Morgan fingerprint density at radius 2 is 1.72 bits per heavy atom. The molecule has 18 heavy (non-hydrogen) atoms. The van der Waals surface area contributed by atoms with Crippen LogP contribution in [-0.2, 0) is 6.42 Å². The van der Waals surface area contributed by atoms with E-state index in [2.05, 4.69) is 27.2 Å².